The van der Waals surface area contributed by atoms with Crippen molar-refractivity contribution in [3.63, 3.8) is 0 Å². The Bertz CT molecular complexity index is 957. The van der Waals surface area contributed by atoms with Gasteiger partial charge in [-0.2, -0.15) is 0 Å². The van der Waals surface area contributed by atoms with Crippen molar-refractivity contribution in [1.82, 2.24) is 0 Å². The molecule has 2 aromatic carbocycles. The zero-order valence-corrected chi connectivity index (χ0v) is 12.9. The minimum absolute atomic E-state index is 0.0610. The van der Waals surface area contributed by atoms with Crippen LogP contribution in [-0.4, -0.2) is 0 Å². The van der Waals surface area contributed by atoms with E-state index < -0.39 is 0 Å². The maximum Gasteiger partial charge on any atom is 0.0499 e. The fourth-order valence-electron chi connectivity index (χ4n) is 3.71. The second-order valence-corrected chi connectivity index (χ2v) is 6.50. The number of hydrogen-bond donors (Lipinski definition) is 1. The highest BCUT2D eigenvalue weighted by Crippen LogP contribution is 2.24. The Labute approximate surface area is 129 Å². The van der Waals surface area contributed by atoms with Crippen LogP contribution in [0.5, 0.6) is 0 Å². The topological polar surface area (TPSA) is 26.0 Å². The lowest BCUT2D eigenvalue weighted by atomic mass is 9.86. The molecule has 21 heavy (non-hydrogen) atoms. The van der Waals surface area contributed by atoms with E-state index in [-0.39, 0.29) is 6.04 Å². The first-order valence-corrected chi connectivity index (χ1v) is 7.93. The molecule has 2 aliphatic carbocycles. The predicted molar refractivity (Wildman–Crippen MR) is 88.3 cm³/mol. The fraction of sp³-hybridized carbons (Fsp3) is 0.263. The minimum atomic E-state index is -0.0610. The third-order valence-corrected chi connectivity index (χ3v) is 4.94. The molecule has 0 aliphatic heterocycles. The van der Waals surface area contributed by atoms with Gasteiger partial charge >= 0.3 is 0 Å². The summed E-state index contributed by atoms with van der Waals surface area (Å²) in [7, 11) is 0. The van der Waals surface area contributed by atoms with Crippen molar-refractivity contribution in [2.75, 3.05) is 0 Å². The van der Waals surface area contributed by atoms with Crippen LogP contribution in [0.15, 0.2) is 24.3 Å². The molecule has 1 unspecified atom stereocenters. The van der Waals surface area contributed by atoms with Gasteiger partial charge in [-0.25, -0.2) is 0 Å². The van der Waals surface area contributed by atoms with Crippen molar-refractivity contribution in [2.24, 2.45) is 5.73 Å². The van der Waals surface area contributed by atoms with Crippen LogP contribution < -0.4 is 16.2 Å². The van der Waals surface area contributed by atoms with E-state index in [0.29, 0.717) is 0 Å². The fourth-order valence-corrected chi connectivity index (χ4v) is 4.05. The van der Waals surface area contributed by atoms with E-state index in [1.807, 2.05) is 6.07 Å². The summed E-state index contributed by atoms with van der Waals surface area (Å²) in [4.78, 5) is 0. The molecule has 2 N–H and O–H groups in total. The molecule has 0 saturated heterocycles. The van der Waals surface area contributed by atoms with Crippen molar-refractivity contribution in [1.29, 1.82) is 0 Å². The summed E-state index contributed by atoms with van der Waals surface area (Å²) in [5, 5.41) is 5.74. The molecule has 0 heterocycles. The Kier molecular flexibility index (Phi) is 2.95. The zero-order valence-electron chi connectivity index (χ0n) is 12.1. The Morgan fingerprint density at radius 1 is 1.19 bits per heavy atom. The van der Waals surface area contributed by atoms with Gasteiger partial charge in [0.1, 0.15) is 0 Å². The van der Waals surface area contributed by atoms with Crippen LogP contribution in [0.2, 0.25) is 5.02 Å². The summed E-state index contributed by atoms with van der Waals surface area (Å²) in [6.07, 6.45) is 7.98. The molecule has 1 nitrogen and oxygen atoms in total. The lowest BCUT2D eigenvalue weighted by Gasteiger charge is -2.21. The van der Waals surface area contributed by atoms with E-state index in [9.17, 15) is 0 Å². The van der Waals surface area contributed by atoms with Crippen molar-refractivity contribution in [3.05, 3.63) is 66.9 Å². The van der Waals surface area contributed by atoms with E-state index >= 15 is 0 Å². The third-order valence-electron chi connectivity index (χ3n) is 4.63. The molecule has 2 aliphatic rings. The standard InChI is InChI=1S/C19H18ClN/c1-11-8-15-14-7-6-12-4-2-3-5-13(12)19(14)18(21)10-16(15)17(20)9-11/h4,6-10,18H,2-3,5,21H2,1H3. The molecule has 106 valence electrons. The number of hydrogen-bond acceptors (Lipinski definition) is 1. The minimum Gasteiger partial charge on any atom is -0.321 e. The molecule has 0 aromatic heterocycles. The number of rotatable bonds is 0. The summed E-state index contributed by atoms with van der Waals surface area (Å²) >= 11 is 6.43. The number of benzene rings is 2. The second-order valence-electron chi connectivity index (χ2n) is 6.09. The molecular formula is C19H18ClN. The number of halogens is 1. The quantitative estimate of drug-likeness (QED) is 0.795. The molecule has 0 fully saturated rings. The smallest absolute Gasteiger partial charge is 0.0499 e. The van der Waals surface area contributed by atoms with E-state index in [2.05, 4.69) is 37.3 Å². The van der Waals surface area contributed by atoms with Gasteiger partial charge in [-0.3, -0.25) is 0 Å². The summed E-state index contributed by atoms with van der Waals surface area (Å²) in [5.41, 5.74) is 10.4. The molecule has 0 radical (unpaired) electrons. The Hall–Kier alpha value is -1.57. The molecule has 2 aromatic rings. The lowest BCUT2D eigenvalue weighted by molar-refractivity contribution is 0.800. The first-order chi connectivity index (χ1) is 10.1. The van der Waals surface area contributed by atoms with Gasteiger partial charge in [0.25, 0.3) is 0 Å². The largest absolute Gasteiger partial charge is 0.321 e. The maximum absolute atomic E-state index is 6.46. The van der Waals surface area contributed by atoms with Crippen molar-refractivity contribution in [3.8, 4) is 0 Å². The molecule has 0 spiro atoms. The number of aryl methyl sites for hydroxylation is 1. The van der Waals surface area contributed by atoms with Crippen LogP contribution in [0.4, 0.5) is 0 Å². The van der Waals surface area contributed by atoms with E-state index in [0.717, 1.165) is 16.7 Å². The molecular weight excluding hydrogens is 278 g/mol. The highest BCUT2D eigenvalue weighted by atomic mass is 35.5. The van der Waals surface area contributed by atoms with Gasteiger partial charge in [0.15, 0.2) is 0 Å². The van der Waals surface area contributed by atoms with Gasteiger partial charge in [0.05, 0.1) is 0 Å². The van der Waals surface area contributed by atoms with Crippen LogP contribution in [0.25, 0.3) is 12.2 Å². The van der Waals surface area contributed by atoms with Gasteiger partial charge < -0.3 is 5.73 Å². The Morgan fingerprint density at radius 3 is 2.90 bits per heavy atom. The summed E-state index contributed by atoms with van der Waals surface area (Å²) in [5.74, 6) is 0. The third kappa shape index (κ3) is 1.96. The monoisotopic (exact) mass is 295 g/mol. The molecule has 0 saturated carbocycles. The van der Waals surface area contributed by atoms with Crippen LogP contribution in [-0.2, 0) is 6.42 Å². The molecule has 0 amide bonds. The van der Waals surface area contributed by atoms with Gasteiger partial charge in [-0.1, -0.05) is 42.0 Å². The normalized spacial score (nSPS) is 18.9. The summed E-state index contributed by atoms with van der Waals surface area (Å²) < 4.78 is 0. The maximum atomic E-state index is 6.46. The molecule has 2 heteroatoms. The predicted octanol–water partition coefficient (Wildman–Crippen LogP) is 2.85. The van der Waals surface area contributed by atoms with E-state index in [1.54, 1.807) is 0 Å². The average molecular weight is 296 g/mol. The van der Waals surface area contributed by atoms with Crippen LogP contribution in [0.3, 0.4) is 0 Å². The first kappa shape index (κ1) is 13.1. The lowest BCUT2D eigenvalue weighted by Crippen LogP contribution is -2.26. The molecule has 4 rings (SSSR count). The summed E-state index contributed by atoms with van der Waals surface area (Å²) in [6, 6.07) is 8.64. The molecule has 0 bridgehead atoms. The number of nitrogens with two attached hydrogens (primary N) is 1. The first-order valence-electron chi connectivity index (χ1n) is 7.55. The van der Waals surface area contributed by atoms with E-state index in [4.69, 9.17) is 17.3 Å². The average Bonchev–Trinajstić information content (AvgIpc) is 2.48. The van der Waals surface area contributed by atoms with Crippen molar-refractivity contribution < 1.29 is 0 Å². The van der Waals surface area contributed by atoms with Crippen molar-refractivity contribution in [2.45, 2.75) is 32.2 Å². The SMILES string of the molecule is Cc1cc(Cl)c2c(c1)=c1ccc3c(c1C(N)C=2)CCCC=3. The van der Waals surface area contributed by atoms with E-state index in [1.165, 1.54) is 45.2 Å². The van der Waals surface area contributed by atoms with Gasteiger partial charge in [-0.05, 0) is 69.8 Å². The van der Waals surface area contributed by atoms with Gasteiger partial charge in [0.2, 0.25) is 0 Å². The zero-order chi connectivity index (χ0) is 14.6. The Morgan fingerprint density at radius 2 is 2.05 bits per heavy atom. The van der Waals surface area contributed by atoms with Gasteiger partial charge in [-0.15, -0.1) is 0 Å². The second kappa shape index (κ2) is 4.72. The summed E-state index contributed by atoms with van der Waals surface area (Å²) in [6.45, 7) is 2.09. The van der Waals surface area contributed by atoms with Crippen molar-refractivity contribution >= 4 is 23.8 Å². The highest BCUT2D eigenvalue weighted by molar-refractivity contribution is 6.30. The van der Waals surface area contributed by atoms with Crippen LogP contribution >= 0.6 is 11.6 Å². The highest BCUT2D eigenvalue weighted by Gasteiger charge is 2.17. The van der Waals surface area contributed by atoms with Gasteiger partial charge in [0, 0.05) is 11.1 Å². The number of fused-ring (bicyclic) bond motifs is 4. The Balaban J connectivity index is 2.28. The van der Waals surface area contributed by atoms with Crippen LogP contribution in [0, 0.1) is 17.4 Å². The van der Waals surface area contributed by atoms with Crippen LogP contribution in [0.1, 0.15) is 35.6 Å². The molecule has 1 atom stereocenters.